The monoisotopic (exact) mass is 340 g/mol. The third kappa shape index (κ3) is 4.53. The summed E-state index contributed by atoms with van der Waals surface area (Å²) in [7, 11) is -3.71. The summed E-state index contributed by atoms with van der Waals surface area (Å²) in [5, 5.41) is 0. The Morgan fingerprint density at radius 2 is 1.70 bits per heavy atom. The SMILES string of the molecule is CC(C)c1ccc(S(=O)(=O)N[C@@H](C)C(=O)N2CCOCC2)cc1. The van der Waals surface area contributed by atoms with Crippen molar-refractivity contribution in [3.63, 3.8) is 0 Å². The fraction of sp³-hybridized carbons (Fsp3) is 0.562. The lowest BCUT2D eigenvalue weighted by Gasteiger charge is -2.29. The number of nitrogens with one attached hydrogen (secondary N) is 1. The van der Waals surface area contributed by atoms with E-state index in [0.717, 1.165) is 5.56 Å². The van der Waals surface area contributed by atoms with E-state index in [-0.39, 0.29) is 10.8 Å². The second-order valence-electron chi connectivity index (χ2n) is 6.00. The first-order valence-corrected chi connectivity index (χ1v) is 9.28. The molecular formula is C16H24N2O4S. The van der Waals surface area contributed by atoms with Gasteiger partial charge in [0, 0.05) is 13.1 Å². The topological polar surface area (TPSA) is 75.7 Å². The van der Waals surface area contributed by atoms with Gasteiger partial charge in [0.15, 0.2) is 0 Å². The highest BCUT2D eigenvalue weighted by Gasteiger charge is 2.26. The Morgan fingerprint density at radius 1 is 1.13 bits per heavy atom. The van der Waals surface area contributed by atoms with Gasteiger partial charge in [-0.1, -0.05) is 26.0 Å². The molecule has 1 N–H and O–H groups in total. The van der Waals surface area contributed by atoms with E-state index in [4.69, 9.17) is 4.74 Å². The summed E-state index contributed by atoms with van der Waals surface area (Å²) in [4.78, 5) is 14.1. The van der Waals surface area contributed by atoms with Crippen molar-refractivity contribution in [3.8, 4) is 0 Å². The van der Waals surface area contributed by atoms with Crippen LogP contribution in [0.25, 0.3) is 0 Å². The number of benzene rings is 1. The molecule has 1 fully saturated rings. The highest BCUT2D eigenvalue weighted by molar-refractivity contribution is 7.89. The molecule has 0 aromatic heterocycles. The molecule has 6 nitrogen and oxygen atoms in total. The molecule has 0 radical (unpaired) electrons. The average molecular weight is 340 g/mol. The van der Waals surface area contributed by atoms with Gasteiger partial charge in [-0.25, -0.2) is 8.42 Å². The minimum atomic E-state index is -3.71. The van der Waals surface area contributed by atoms with Crippen molar-refractivity contribution in [1.82, 2.24) is 9.62 Å². The smallest absolute Gasteiger partial charge is 0.241 e. The average Bonchev–Trinajstić information content (AvgIpc) is 2.54. The predicted octanol–water partition coefficient (Wildman–Crippen LogP) is 1.34. The van der Waals surface area contributed by atoms with E-state index in [0.29, 0.717) is 32.2 Å². The van der Waals surface area contributed by atoms with Gasteiger partial charge in [-0.2, -0.15) is 4.72 Å². The van der Waals surface area contributed by atoms with Crippen molar-refractivity contribution >= 4 is 15.9 Å². The van der Waals surface area contributed by atoms with E-state index in [1.54, 1.807) is 36.1 Å². The van der Waals surface area contributed by atoms with E-state index in [2.05, 4.69) is 4.72 Å². The van der Waals surface area contributed by atoms with Gasteiger partial charge in [0.2, 0.25) is 15.9 Å². The summed E-state index contributed by atoms with van der Waals surface area (Å²) < 4.78 is 32.5. The van der Waals surface area contributed by atoms with Crippen LogP contribution in [0.5, 0.6) is 0 Å². The number of morpholine rings is 1. The van der Waals surface area contributed by atoms with Gasteiger partial charge in [0.05, 0.1) is 24.2 Å². The van der Waals surface area contributed by atoms with Crippen molar-refractivity contribution < 1.29 is 17.9 Å². The Kier molecular flexibility index (Phi) is 5.78. The second kappa shape index (κ2) is 7.42. The molecule has 128 valence electrons. The summed E-state index contributed by atoms with van der Waals surface area (Å²) in [6.45, 7) is 7.62. The van der Waals surface area contributed by atoms with Crippen molar-refractivity contribution in [3.05, 3.63) is 29.8 Å². The Balaban J connectivity index is 2.05. The summed E-state index contributed by atoms with van der Waals surface area (Å²) in [5.74, 6) is 0.109. The molecule has 0 saturated carbocycles. The van der Waals surface area contributed by atoms with E-state index in [1.807, 2.05) is 13.8 Å². The lowest BCUT2D eigenvalue weighted by Crippen LogP contribution is -2.50. The third-order valence-electron chi connectivity index (χ3n) is 3.88. The van der Waals surface area contributed by atoms with E-state index in [9.17, 15) is 13.2 Å². The molecule has 2 rings (SSSR count). The molecule has 1 atom stereocenters. The maximum absolute atomic E-state index is 12.4. The van der Waals surface area contributed by atoms with Gasteiger partial charge in [-0.15, -0.1) is 0 Å². The largest absolute Gasteiger partial charge is 0.378 e. The lowest BCUT2D eigenvalue weighted by molar-refractivity contribution is -0.136. The van der Waals surface area contributed by atoms with Crippen molar-refractivity contribution in [1.29, 1.82) is 0 Å². The summed E-state index contributed by atoms with van der Waals surface area (Å²) >= 11 is 0. The molecule has 1 heterocycles. The van der Waals surface area contributed by atoms with E-state index in [1.165, 1.54) is 0 Å². The number of carbonyl (C=O) groups is 1. The standard InChI is InChI=1S/C16H24N2O4S/c1-12(2)14-4-6-15(7-5-14)23(20,21)17-13(3)16(19)18-8-10-22-11-9-18/h4-7,12-13,17H,8-11H2,1-3H3/t13-/m0/s1. The first-order chi connectivity index (χ1) is 10.8. The molecular weight excluding hydrogens is 316 g/mol. The fourth-order valence-electron chi connectivity index (χ4n) is 2.44. The summed E-state index contributed by atoms with van der Waals surface area (Å²) in [6, 6.07) is 5.94. The molecule has 1 aromatic rings. The maximum atomic E-state index is 12.4. The molecule has 23 heavy (non-hydrogen) atoms. The Hall–Kier alpha value is -1.44. The number of nitrogens with zero attached hydrogens (tertiary/aromatic N) is 1. The highest BCUT2D eigenvalue weighted by atomic mass is 32.2. The van der Waals surface area contributed by atoms with Crippen LogP contribution in [0.3, 0.4) is 0 Å². The zero-order chi connectivity index (χ0) is 17.0. The van der Waals surface area contributed by atoms with Crippen LogP contribution in [0, 0.1) is 0 Å². The van der Waals surface area contributed by atoms with Gasteiger partial charge in [-0.3, -0.25) is 4.79 Å². The number of hydrogen-bond donors (Lipinski definition) is 1. The van der Waals surface area contributed by atoms with Gasteiger partial charge < -0.3 is 9.64 Å². The predicted molar refractivity (Wildman–Crippen MR) is 87.7 cm³/mol. The fourth-order valence-corrected chi connectivity index (χ4v) is 3.64. The molecule has 0 aliphatic carbocycles. The van der Waals surface area contributed by atoms with Crippen LogP contribution in [0.1, 0.15) is 32.3 Å². The van der Waals surface area contributed by atoms with Gasteiger partial charge in [0.25, 0.3) is 0 Å². The van der Waals surface area contributed by atoms with Crippen LogP contribution in [-0.4, -0.2) is 51.6 Å². The summed E-state index contributed by atoms with van der Waals surface area (Å²) in [6.07, 6.45) is 0. The second-order valence-corrected chi connectivity index (χ2v) is 7.72. The molecule has 0 unspecified atom stereocenters. The minimum absolute atomic E-state index is 0.170. The number of amides is 1. The minimum Gasteiger partial charge on any atom is -0.378 e. The third-order valence-corrected chi connectivity index (χ3v) is 5.44. The molecule has 1 aliphatic heterocycles. The van der Waals surface area contributed by atoms with Gasteiger partial charge in [0.1, 0.15) is 0 Å². The van der Waals surface area contributed by atoms with Crippen molar-refractivity contribution in [2.45, 2.75) is 37.6 Å². The number of ether oxygens (including phenoxy) is 1. The van der Waals surface area contributed by atoms with E-state index >= 15 is 0 Å². The lowest BCUT2D eigenvalue weighted by atomic mass is 10.0. The first kappa shape index (κ1) is 17.9. The number of carbonyl (C=O) groups excluding carboxylic acids is 1. The van der Waals surface area contributed by atoms with Crippen molar-refractivity contribution in [2.75, 3.05) is 26.3 Å². The van der Waals surface area contributed by atoms with Crippen LogP contribution < -0.4 is 4.72 Å². The van der Waals surface area contributed by atoms with Crippen LogP contribution in [0.2, 0.25) is 0 Å². The Labute approximate surface area is 137 Å². The highest BCUT2D eigenvalue weighted by Crippen LogP contribution is 2.17. The molecule has 0 bridgehead atoms. The Bertz CT molecular complexity index is 635. The van der Waals surface area contributed by atoms with Gasteiger partial charge in [-0.05, 0) is 30.5 Å². The number of rotatable bonds is 5. The zero-order valence-electron chi connectivity index (χ0n) is 13.8. The zero-order valence-corrected chi connectivity index (χ0v) is 14.6. The molecule has 7 heteroatoms. The number of hydrogen-bond acceptors (Lipinski definition) is 4. The molecule has 1 saturated heterocycles. The number of sulfonamides is 1. The molecule has 1 aliphatic rings. The molecule has 1 amide bonds. The van der Waals surface area contributed by atoms with Crippen LogP contribution in [0.4, 0.5) is 0 Å². The van der Waals surface area contributed by atoms with Gasteiger partial charge >= 0.3 is 0 Å². The van der Waals surface area contributed by atoms with Crippen molar-refractivity contribution in [2.24, 2.45) is 0 Å². The first-order valence-electron chi connectivity index (χ1n) is 7.80. The molecule has 1 aromatic carbocycles. The van der Waals surface area contributed by atoms with E-state index < -0.39 is 16.1 Å². The van der Waals surface area contributed by atoms with Crippen LogP contribution in [0.15, 0.2) is 29.2 Å². The maximum Gasteiger partial charge on any atom is 0.241 e. The quantitative estimate of drug-likeness (QED) is 0.877. The van der Waals surface area contributed by atoms with Crippen LogP contribution >= 0.6 is 0 Å². The van der Waals surface area contributed by atoms with Crippen LogP contribution in [-0.2, 0) is 19.6 Å². The normalized spacial score (nSPS) is 17.3. The molecule has 0 spiro atoms. The summed E-state index contributed by atoms with van der Waals surface area (Å²) in [5.41, 5.74) is 1.07. The Morgan fingerprint density at radius 3 is 2.22 bits per heavy atom.